The quantitative estimate of drug-likeness (QED) is 0.414. The van der Waals surface area contributed by atoms with Crippen LogP contribution in [-0.2, 0) is 6.54 Å². The van der Waals surface area contributed by atoms with Crippen LogP contribution in [0.4, 0.5) is 11.5 Å². The molecule has 1 amide bonds. The number of ether oxygens (including phenoxy) is 1. The van der Waals surface area contributed by atoms with Crippen LogP contribution in [0.2, 0.25) is 0 Å². The minimum Gasteiger partial charge on any atom is -0.491 e. The number of carbonyl (C=O) groups excluding carboxylic acids is 1. The molecule has 0 saturated heterocycles. The first kappa shape index (κ1) is 21.3. The van der Waals surface area contributed by atoms with Gasteiger partial charge in [0.05, 0.1) is 11.6 Å². The Morgan fingerprint density at radius 3 is 2.50 bits per heavy atom. The highest BCUT2D eigenvalue weighted by molar-refractivity contribution is 5.97. The van der Waals surface area contributed by atoms with Crippen molar-refractivity contribution in [3.63, 3.8) is 0 Å². The number of carbonyl (C=O) groups is 1. The van der Waals surface area contributed by atoms with Gasteiger partial charge in [0.25, 0.3) is 5.91 Å². The number of fused-ring (bicyclic) bond motifs is 1. The molecule has 0 bridgehead atoms. The molecule has 4 aromatic rings. The van der Waals surface area contributed by atoms with E-state index in [1.54, 1.807) is 0 Å². The van der Waals surface area contributed by atoms with Crippen molar-refractivity contribution in [1.82, 2.24) is 15.3 Å². The molecule has 0 spiro atoms. The Morgan fingerprint density at radius 2 is 1.75 bits per heavy atom. The molecule has 1 aromatic heterocycles. The van der Waals surface area contributed by atoms with E-state index >= 15 is 0 Å². The summed E-state index contributed by atoms with van der Waals surface area (Å²) in [5.41, 5.74) is 3.71. The number of hydrogen-bond donors (Lipinski definition) is 2. The molecular formula is C26H26N4O2. The number of anilines is 2. The fraction of sp³-hybridized carbons (Fsp3) is 0.192. The van der Waals surface area contributed by atoms with Crippen LogP contribution in [-0.4, -0.2) is 22.0 Å². The van der Waals surface area contributed by atoms with E-state index in [2.05, 4.69) is 20.6 Å². The topological polar surface area (TPSA) is 76.1 Å². The van der Waals surface area contributed by atoms with Crippen LogP contribution in [0.5, 0.6) is 5.75 Å². The van der Waals surface area contributed by atoms with Crippen LogP contribution >= 0.6 is 0 Å². The lowest BCUT2D eigenvalue weighted by Crippen LogP contribution is -2.25. The summed E-state index contributed by atoms with van der Waals surface area (Å²) in [5.74, 6) is 1.20. The first-order valence-corrected chi connectivity index (χ1v) is 10.6. The zero-order valence-corrected chi connectivity index (χ0v) is 18.4. The molecule has 4 rings (SSSR count). The molecule has 3 aromatic carbocycles. The fourth-order valence-electron chi connectivity index (χ4n) is 3.35. The van der Waals surface area contributed by atoms with Crippen LogP contribution < -0.4 is 15.4 Å². The molecular weight excluding hydrogens is 400 g/mol. The van der Waals surface area contributed by atoms with Gasteiger partial charge in [0.1, 0.15) is 11.6 Å². The van der Waals surface area contributed by atoms with Gasteiger partial charge in [-0.2, -0.15) is 0 Å². The molecule has 1 heterocycles. The molecule has 0 unspecified atom stereocenters. The summed E-state index contributed by atoms with van der Waals surface area (Å²) in [6, 6.07) is 23.3. The number of benzene rings is 3. The van der Waals surface area contributed by atoms with Crippen molar-refractivity contribution in [2.45, 2.75) is 33.4 Å². The third-order valence-corrected chi connectivity index (χ3v) is 4.84. The van der Waals surface area contributed by atoms with Crippen LogP contribution in [0, 0.1) is 6.92 Å². The predicted octanol–water partition coefficient (Wildman–Crippen LogP) is 5.40. The molecule has 0 saturated carbocycles. The number of para-hydroxylation sites is 1. The zero-order valence-electron chi connectivity index (χ0n) is 18.4. The van der Waals surface area contributed by atoms with E-state index in [1.807, 2.05) is 93.6 Å². The van der Waals surface area contributed by atoms with E-state index in [4.69, 9.17) is 4.74 Å². The van der Waals surface area contributed by atoms with Gasteiger partial charge in [-0.3, -0.25) is 4.79 Å². The maximum absolute atomic E-state index is 12.8. The van der Waals surface area contributed by atoms with E-state index in [-0.39, 0.29) is 17.8 Å². The Labute approximate surface area is 187 Å². The Morgan fingerprint density at radius 1 is 0.969 bits per heavy atom. The lowest BCUT2D eigenvalue weighted by Gasteiger charge is -2.12. The maximum atomic E-state index is 12.8. The summed E-state index contributed by atoms with van der Waals surface area (Å²) in [5, 5.41) is 7.09. The van der Waals surface area contributed by atoms with Crippen LogP contribution in [0.1, 0.15) is 35.6 Å². The standard InChI is InChI=1S/C26H26N4O2/c1-17(2)32-21-13-11-19(12-14-21)16-27-26(31)25-29-23-10-5-4-9-22(23)24(30-25)28-20-8-6-7-18(3)15-20/h4-15,17H,16H2,1-3H3,(H,27,31)(H,28,29,30). The fourth-order valence-corrected chi connectivity index (χ4v) is 3.35. The molecule has 0 fully saturated rings. The summed E-state index contributed by atoms with van der Waals surface area (Å²) in [6.45, 7) is 6.38. The highest BCUT2D eigenvalue weighted by atomic mass is 16.5. The van der Waals surface area contributed by atoms with Gasteiger partial charge in [-0.1, -0.05) is 36.4 Å². The van der Waals surface area contributed by atoms with Crippen molar-refractivity contribution in [3.05, 3.63) is 89.7 Å². The molecule has 162 valence electrons. The first-order valence-electron chi connectivity index (χ1n) is 10.6. The Hall–Kier alpha value is -3.93. The number of aromatic nitrogens is 2. The molecule has 2 N–H and O–H groups in total. The molecule has 6 nitrogen and oxygen atoms in total. The van der Waals surface area contributed by atoms with E-state index in [0.717, 1.165) is 28.0 Å². The average Bonchev–Trinajstić information content (AvgIpc) is 2.78. The highest BCUT2D eigenvalue weighted by Crippen LogP contribution is 2.24. The zero-order chi connectivity index (χ0) is 22.5. The predicted molar refractivity (Wildman–Crippen MR) is 127 cm³/mol. The molecule has 0 aliphatic heterocycles. The van der Waals surface area contributed by atoms with Crippen molar-refractivity contribution in [1.29, 1.82) is 0 Å². The Kier molecular flexibility index (Phi) is 6.31. The average molecular weight is 427 g/mol. The third-order valence-electron chi connectivity index (χ3n) is 4.84. The van der Waals surface area contributed by atoms with Crippen LogP contribution in [0.15, 0.2) is 72.8 Å². The minimum absolute atomic E-state index is 0.119. The lowest BCUT2D eigenvalue weighted by molar-refractivity contribution is 0.0941. The van der Waals surface area contributed by atoms with Crippen molar-refractivity contribution in [2.75, 3.05) is 5.32 Å². The van der Waals surface area contributed by atoms with Crippen LogP contribution in [0.25, 0.3) is 10.9 Å². The Bertz CT molecular complexity index is 1240. The molecule has 32 heavy (non-hydrogen) atoms. The number of aryl methyl sites for hydroxylation is 1. The van der Waals surface area contributed by atoms with E-state index in [1.165, 1.54) is 0 Å². The van der Waals surface area contributed by atoms with Crippen LogP contribution in [0.3, 0.4) is 0 Å². The lowest BCUT2D eigenvalue weighted by atomic mass is 10.2. The van der Waals surface area contributed by atoms with Gasteiger partial charge in [-0.05, 0) is 68.3 Å². The second kappa shape index (κ2) is 9.47. The second-order valence-electron chi connectivity index (χ2n) is 7.90. The molecule has 0 aliphatic rings. The van der Waals surface area contributed by atoms with Gasteiger partial charge >= 0.3 is 0 Å². The number of rotatable bonds is 7. The minimum atomic E-state index is -0.328. The largest absolute Gasteiger partial charge is 0.491 e. The first-order chi connectivity index (χ1) is 15.5. The van der Waals surface area contributed by atoms with Crippen molar-refractivity contribution in [2.24, 2.45) is 0 Å². The third kappa shape index (κ3) is 5.21. The number of amides is 1. The van der Waals surface area contributed by atoms with E-state index in [9.17, 15) is 4.79 Å². The van der Waals surface area contributed by atoms with Gasteiger partial charge in [-0.15, -0.1) is 0 Å². The second-order valence-corrected chi connectivity index (χ2v) is 7.90. The van der Waals surface area contributed by atoms with E-state index < -0.39 is 0 Å². The monoisotopic (exact) mass is 426 g/mol. The smallest absolute Gasteiger partial charge is 0.289 e. The molecule has 0 atom stereocenters. The number of hydrogen-bond acceptors (Lipinski definition) is 5. The van der Waals surface area contributed by atoms with Crippen molar-refractivity contribution >= 4 is 28.3 Å². The summed E-state index contributed by atoms with van der Waals surface area (Å²) in [4.78, 5) is 21.8. The van der Waals surface area contributed by atoms with E-state index in [0.29, 0.717) is 17.9 Å². The highest BCUT2D eigenvalue weighted by Gasteiger charge is 2.14. The summed E-state index contributed by atoms with van der Waals surface area (Å²) >= 11 is 0. The number of nitrogens with zero attached hydrogens (tertiary/aromatic N) is 2. The van der Waals surface area contributed by atoms with Gasteiger partial charge in [0.2, 0.25) is 5.82 Å². The summed E-state index contributed by atoms with van der Waals surface area (Å²) in [6.07, 6.45) is 0.119. The molecule has 6 heteroatoms. The normalized spacial score (nSPS) is 10.9. The molecule has 0 aliphatic carbocycles. The SMILES string of the molecule is Cc1cccc(Nc2nc(C(=O)NCc3ccc(OC(C)C)cc3)nc3ccccc23)c1. The summed E-state index contributed by atoms with van der Waals surface area (Å²) in [7, 11) is 0. The molecule has 0 radical (unpaired) electrons. The number of nitrogens with one attached hydrogen (secondary N) is 2. The van der Waals surface area contributed by atoms with Crippen molar-refractivity contribution < 1.29 is 9.53 Å². The summed E-state index contributed by atoms with van der Waals surface area (Å²) < 4.78 is 5.66. The van der Waals surface area contributed by atoms with Gasteiger partial charge < -0.3 is 15.4 Å². The Balaban J connectivity index is 1.53. The van der Waals surface area contributed by atoms with Gasteiger partial charge in [0.15, 0.2) is 0 Å². The van der Waals surface area contributed by atoms with Gasteiger partial charge in [0, 0.05) is 17.6 Å². The maximum Gasteiger partial charge on any atom is 0.289 e. The van der Waals surface area contributed by atoms with Gasteiger partial charge in [-0.25, -0.2) is 9.97 Å². The van der Waals surface area contributed by atoms with Crippen molar-refractivity contribution in [3.8, 4) is 5.75 Å².